The van der Waals surface area contributed by atoms with Gasteiger partial charge in [-0.15, -0.1) is 0 Å². The highest BCUT2D eigenvalue weighted by molar-refractivity contribution is 5.47. The summed E-state index contributed by atoms with van der Waals surface area (Å²) in [6, 6.07) is 12.3. The highest BCUT2D eigenvalue weighted by Crippen LogP contribution is 2.32. The molecule has 1 aromatic carbocycles. The lowest BCUT2D eigenvalue weighted by Crippen LogP contribution is -2.38. The van der Waals surface area contributed by atoms with E-state index >= 15 is 0 Å². The highest BCUT2D eigenvalue weighted by atomic mass is 16.5. The number of aryl methyl sites for hydroxylation is 2. The van der Waals surface area contributed by atoms with Crippen LogP contribution in [0.5, 0.6) is 5.75 Å². The summed E-state index contributed by atoms with van der Waals surface area (Å²) in [5, 5.41) is 3.15. The number of anilines is 2. The zero-order valence-electron chi connectivity index (χ0n) is 17.8. The molecule has 1 aliphatic carbocycles. The van der Waals surface area contributed by atoms with Gasteiger partial charge in [-0.05, 0) is 54.7 Å². The number of rotatable bonds is 6. The fraction of sp³-hybridized carbons (Fsp3) is 0.375. The van der Waals surface area contributed by atoms with Crippen LogP contribution in [-0.2, 0) is 24.1 Å². The predicted molar refractivity (Wildman–Crippen MR) is 119 cm³/mol. The molecule has 0 amide bonds. The first-order valence-corrected chi connectivity index (χ1v) is 10.8. The molecule has 2 aliphatic rings. The quantitative estimate of drug-likeness (QED) is 0.656. The van der Waals surface area contributed by atoms with Crippen molar-refractivity contribution in [2.75, 3.05) is 32.1 Å². The van der Waals surface area contributed by atoms with E-state index in [0.717, 1.165) is 37.5 Å². The molecule has 0 unspecified atom stereocenters. The monoisotopic (exact) mass is 417 g/mol. The third kappa shape index (κ3) is 4.52. The number of methoxy groups -OCH3 is 1. The lowest BCUT2D eigenvalue weighted by molar-refractivity contribution is -0.0351. The van der Waals surface area contributed by atoms with Crippen molar-refractivity contribution >= 4 is 11.8 Å². The molecule has 3 heterocycles. The van der Waals surface area contributed by atoms with Crippen LogP contribution in [0.2, 0.25) is 0 Å². The molecule has 0 saturated carbocycles. The number of fused-ring (bicyclic) bond motifs is 1. The third-order valence-electron chi connectivity index (χ3n) is 5.95. The van der Waals surface area contributed by atoms with Gasteiger partial charge in [0, 0.05) is 37.6 Å². The molecule has 0 bridgehead atoms. The maximum Gasteiger partial charge on any atom is 0.228 e. The summed E-state index contributed by atoms with van der Waals surface area (Å²) in [5.41, 5.74) is 5.08. The highest BCUT2D eigenvalue weighted by Gasteiger charge is 2.25. The lowest BCUT2D eigenvalue weighted by Gasteiger charge is -2.33. The van der Waals surface area contributed by atoms with Gasteiger partial charge in [-0.2, -0.15) is 0 Å². The van der Waals surface area contributed by atoms with Crippen molar-refractivity contribution in [2.45, 2.75) is 31.9 Å². The zero-order chi connectivity index (χ0) is 21.0. The van der Waals surface area contributed by atoms with Gasteiger partial charge in [-0.25, -0.2) is 15.0 Å². The van der Waals surface area contributed by atoms with Gasteiger partial charge in [-0.1, -0.05) is 12.1 Å². The summed E-state index contributed by atoms with van der Waals surface area (Å²) in [6.07, 6.45) is 6.91. The predicted octanol–water partition coefficient (Wildman–Crippen LogP) is 3.69. The Balaban J connectivity index is 1.29. The van der Waals surface area contributed by atoms with Crippen LogP contribution in [0.15, 0.2) is 48.8 Å². The van der Waals surface area contributed by atoms with Crippen LogP contribution >= 0.6 is 0 Å². The molecule has 1 atom stereocenters. The van der Waals surface area contributed by atoms with Gasteiger partial charge < -0.3 is 14.8 Å². The van der Waals surface area contributed by atoms with E-state index in [4.69, 9.17) is 14.5 Å². The van der Waals surface area contributed by atoms with Crippen molar-refractivity contribution in [2.24, 2.45) is 0 Å². The van der Waals surface area contributed by atoms with E-state index in [2.05, 4.69) is 32.3 Å². The van der Waals surface area contributed by atoms with E-state index in [-0.39, 0.29) is 6.10 Å². The molecule has 1 saturated heterocycles. The maximum absolute atomic E-state index is 6.07. The van der Waals surface area contributed by atoms with Crippen molar-refractivity contribution < 1.29 is 9.47 Å². The molecule has 0 spiro atoms. The fourth-order valence-electron chi connectivity index (χ4n) is 4.41. The van der Waals surface area contributed by atoms with Crippen molar-refractivity contribution in [3.8, 4) is 5.75 Å². The average Bonchev–Trinajstić information content (AvgIpc) is 3.27. The number of nitrogens with one attached hydrogen (secondary N) is 1. The maximum atomic E-state index is 6.07. The molecule has 2 aromatic heterocycles. The number of hydrogen-bond acceptors (Lipinski definition) is 7. The lowest BCUT2D eigenvalue weighted by atomic mass is 10.0. The fourth-order valence-corrected chi connectivity index (χ4v) is 4.41. The Morgan fingerprint density at radius 3 is 2.81 bits per heavy atom. The number of hydrogen-bond donors (Lipinski definition) is 1. The van der Waals surface area contributed by atoms with Gasteiger partial charge in [0.15, 0.2) is 0 Å². The first-order valence-electron chi connectivity index (χ1n) is 10.8. The molecule has 31 heavy (non-hydrogen) atoms. The minimum atomic E-state index is -0.0763. The molecule has 1 fully saturated rings. The Morgan fingerprint density at radius 1 is 1.13 bits per heavy atom. The Bertz CT molecular complexity index is 1040. The smallest absolute Gasteiger partial charge is 0.228 e. The van der Waals surface area contributed by atoms with Gasteiger partial charge in [0.25, 0.3) is 0 Å². The Hall–Kier alpha value is -3.03. The first kappa shape index (κ1) is 19.9. The van der Waals surface area contributed by atoms with Crippen LogP contribution < -0.4 is 10.1 Å². The van der Waals surface area contributed by atoms with Crippen LogP contribution in [0.4, 0.5) is 11.8 Å². The molecule has 5 rings (SSSR count). The van der Waals surface area contributed by atoms with E-state index in [1.54, 1.807) is 25.6 Å². The van der Waals surface area contributed by atoms with Gasteiger partial charge in [0.05, 0.1) is 19.4 Å². The van der Waals surface area contributed by atoms with Crippen LogP contribution in [0, 0.1) is 0 Å². The number of ether oxygens (including phenoxy) is 2. The second kappa shape index (κ2) is 8.99. The van der Waals surface area contributed by atoms with Crippen molar-refractivity contribution in [3.63, 3.8) is 0 Å². The molecular weight excluding hydrogens is 390 g/mol. The largest absolute Gasteiger partial charge is 0.496 e. The van der Waals surface area contributed by atoms with Crippen LogP contribution in [0.3, 0.4) is 0 Å². The number of nitrogens with zero attached hydrogens (tertiary/aromatic N) is 4. The second-order valence-electron chi connectivity index (χ2n) is 8.03. The van der Waals surface area contributed by atoms with Gasteiger partial charge in [-0.3, -0.25) is 4.90 Å². The molecule has 1 N–H and O–H groups in total. The Morgan fingerprint density at radius 2 is 1.97 bits per heavy atom. The standard InChI is InChI=1S/C24H27N5O2/c1-30-21-14-18-6-2-5-17(18)13-19(21)15-29-11-12-31-22(16-29)20-7-3-8-23(27-20)28-24-25-9-4-10-26-24/h3-4,7-10,13-14,22H,2,5-6,11-12,15-16H2,1H3,(H,25,26,27,28)/t22-/m0/s1. The van der Waals surface area contributed by atoms with Gasteiger partial charge in [0.1, 0.15) is 17.7 Å². The molecule has 1 aliphatic heterocycles. The Labute approximate surface area is 182 Å². The number of pyridine rings is 1. The van der Waals surface area contributed by atoms with Gasteiger partial charge >= 0.3 is 0 Å². The van der Waals surface area contributed by atoms with E-state index in [1.165, 1.54) is 29.5 Å². The van der Waals surface area contributed by atoms with Crippen molar-refractivity contribution in [1.82, 2.24) is 19.9 Å². The molecule has 0 radical (unpaired) electrons. The summed E-state index contributed by atoms with van der Waals surface area (Å²) in [4.78, 5) is 15.6. The van der Waals surface area contributed by atoms with E-state index in [0.29, 0.717) is 18.4 Å². The molecule has 7 nitrogen and oxygen atoms in total. The minimum Gasteiger partial charge on any atom is -0.496 e. The zero-order valence-corrected chi connectivity index (χ0v) is 17.8. The second-order valence-corrected chi connectivity index (χ2v) is 8.03. The number of aromatic nitrogens is 3. The first-order chi connectivity index (χ1) is 15.3. The van der Waals surface area contributed by atoms with Gasteiger partial charge in [0.2, 0.25) is 5.95 Å². The summed E-state index contributed by atoms with van der Waals surface area (Å²) >= 11 is 0. The van der Waals surface area contributed by atoms with E-state index in [1.807, 2.05) is 18.2 Å². The molecule has 160 valence electrons. The van der Waals surface area contributed by atoms with Crippen molar-refractivity contribution in [1.29, 1.82) is 0 Å². The minimum absolute atomic E-state index is 0.0763. The van der Waals surface area contributed by atoms with E-state index in [9.17, 15) is 0 Å². The molecule has 3 aromatic rings. The van der Waals surface area contributed by atoms with Crippen LogP contribution in [0.25, 0.3) is 0 Å². The van der Waals surface area contributed by atoms with E-state index < -0.39 is 0 Å². The van der Waals surface area contributed by atoms with Crippen LogP contribution in [-0.4, -0.2) is 46.7 Å². The number of benzene rings is 1. The number of morpholine rings is 1. The topological polar surface area (TPSA) is 72.4 Å². The summed E-state index contributed by atoms with van der Waals surface area (Å²) in [6.45, 7) is 3.22. The third-order valence-corrected chi connectivity index (χ3v) is 5.95. The normalized spacial score (nSPS) is 18.5. The summed E-state index contributed by atoms with van der Waals surface area (Å²) in [5.74, 6) is 2.24. The molecule has 7 heteroatoms. The average molecular weight is 418 g/mol. The molecular formula is C24H27N5O2. The SMILES string of the molecule is COc1cc2c(cc1CN1CCO[C@H](c3cccc(Nc4ncccn4)n3)C1)CCC2. The summed E-state index contributed by atoms with van der Waals surface area (Å²) < 4.78 is 11.8. The Kier molecular flexibility index (Phi) is 5.78. The van der Waals surface area contributed by atoms with Crippen LogP contribution in [0.1, 0.15) is 34.9 Å². The van der Waals surface area contributed by atoms with Crippen molar-refractivity contribution in [3.05, 3.63) is 71.2 Å². The summed E-state index contributed by atoms with van der Waals surface area (Å²) in [7, 11) is 1.77.